The van der Waals surface area contributed by atoms with Crippen molar-refractivity contribution in [1.82, 2.24) is 9.55 Å². The van der Waals surface area contributed by atoms with Crippen molar-refractivity contribution < 1.29 is 9.53 Å². The van der Waals surface area contributed by atoms with Gasteiger partial charge in [0, 0.05) is 12.6 Å². The van der Waals surface area contributed by atoms with Crippen LogP contribution in [0.15, 0.2) is 60.8 Å². The first-order valence-corrected chi connectivity index (χ1v) is 8.05. The van der Waals surface area contributed by atoms with Gasteiger partial charge in [0.1, 0.15) is 5.69 Å². The minimum atomic E-state index is -0.391. The van der Waals surface area contributed by atoms with E-state index >= 15 is 0 Å². The van der Waals surface area contributed by atoms with Gasteiger partial charge in [0.2, 0.25) is 0 Å². The summed E-state index contributed by atoms with van der Waals surface area (Å²) in [6.45, 7) is 2.10. The van der Waals surface area contributed by atoms with E-state index in [1.165, 1.54) is 11.8 Å². The van der Waals surface area contributed by atoms with Gasteiger partial charge >= 0.3 is 5.97 Å². The number of hydrogen-bond donors (Lipinski definition) is 0. The van der Waals surface area contributed by atoms with Gasteiger partial charge in [-0.1, -0.05) is 48.4 Å². The van der Waals surface area contributed by atoms with Gasteiger partial charge in [-0.2, -0.15) is 0 Å². The van der Waals surface area contributed by atoms with Gasteiger partial charge in [-0.3, -0.25) is 0 Å². The van der Waals surface area contributed by atoms with Gasteiger partial charge in [0.25, 0.3) is 0 Å². The molecular formula is C21H18N2O2. The Morgan fingerprint density at radius 3 is 2.40 bits per heavy atom. The first-order chi connectivity index (χ1) is 12.2. The topological polar surface area (TPSA) is 44.1 Å². The second-order valence-corrected chi connectivity index (χ2v) is 5.44. The summed E-state index contributed by atoms with van der Waals surface area (Å²) < 4.78 is 6.63. The van der Waals surface area contributed by atoms with Crippen molar-refractivity contribution in [3.05, 3.63) is 77.9 Å². The van der Waals surface area contributed by atoms with Crippen LogP contribution in [0.3, 0.4) is 0 Å². The summed E-state index contributed by atoms with van der Waals surface area (Å²) in [7, 11) is 1.75. The van der Waals surface area contributed by atoms with Crippen molar-refractivity contribution >= 4 is 5.97 Å². The average molecular weight is 330 g/mol. The lowest BCUT2D eigenvalue weighted by Crippen LogP contribution is -2.10. The molecule has 0 saturated carbocycles. The minimum absolute atomic E-state index is 0.332. The van der Waals surface area contributed by atoms with Crippen molar-refractivity contribution in [2.75, 3.05) is 6.61 Å². The first kappa shape index (κ1) is 16.5. The zero-order chi connectivity index (χ0) is 17.6. The van der Waals surface area contributed by atoms with Crippen LogP contribution in [0, 0.1) is 11.8 Å². The van der Waals surface area contributed by atoms with Crippen molar-refractivity contribution in [1.29, 1.82) is 0 Å². The van der Waals surface area contributed by atoms with Crippen LogP contribution in [0.2, 0.25) is 0 Å². The normalized spacial score (nSPS) is 10.0. The van der Waals surface area contributed by atoms with Crippen LogP contribution in [-0.4, -0.2) is 22.1 Å². The monoisotopic (exact) mass is 330 g/mol. The molecule has 1 aromatic heterocycles. The van der Waals surface area contributed by atoms with Gasteiger partial charge in [0.05, 0.1) is 12.8 Å². The van der Waals surface area contributed by atoms with Crippen LogP contribution >= 0.6 is 0 Å². The summed E-state index contributed by atoms with van der Waals surface area (Å²) >= 11 is 0. The summed E-state index contributed by atoms with van der Waals surface area (Å²) in [5, 5.41) is 0. The highest BCUT2D eigenvalue weighted by Crippen LogP contribution is 2.18. The van der Waals surface area contributed by atoms with Gasteiger partial charge in [-0.05, 0) is 36.1 Å². The average Bonchev–Trinajstić information content (AvgIpc) is 3.02. The van der Waals surface area contributed by atoms with Crippen LogP contribution in [-0.2, 0) is 11.8 Å². The van der Waals surface area contributed by atoms with E-state index in [0.29, 0.717) is 18.1 Å². The number of hydrogen-bond acceptors (Lipinski definition) is 3. The molecule has 25 heavy (non-hydrogen) atoms. The van der Waals surface area contributed by atoms with Crippen molar-refractivity contribution in [3.8, 4) is 23.0 Å². The van der Waals surface area contributed by atoms with E-state index in [4.69, 9.17) is 4.74 Å². The minimum Gasteiger partial charge on any atom is -0.461 e. The molecule has 3 rings (SSSR count). The molecule has 1 heterocycles. The van der Waals surface area contributed by atoms with E-state index in [-0.39, 0.29) is 0 Å². The van der Waals surface area contributed by atoms with Crippen molar-refractivity contribution in [2.24, 2.45) is 7.05 Å². The van der Waals surface area contributed by atoms with E-state index in [2.05, 4.69) is 29.0 Å². The maximum absolute atomic E-state index is 11.8. The van der Waals surface area contributed by atoms with Crippen LogP contribution in [0.5, 0.6) is 0 Å². The Bertz CT molecular complexity index is 930. The summed E-state index contributed by atoms with van der Waals surface area (Å²) in [6.07, 6.45) is 1.49. The predicted molar refractivity (Wildman–Crippen MR) is 97.0 cm³/mol. The molecule has 0 radical (unpaired) electrons. The Morgan fingerprint density at radius 1 is 1.04 bits per heavy atom. The summed E-state index contributed by atoms with van der Waals surface area (Å²) in [6, 6.07) is 18.2. The van der Waals surface area contributed by atoms with E-state index in [1.807, 2.05) is 42.5 Å². The molecule has 0 unspecified atom stereocenters. The van der Waals surface area contributed by atoms with Crippen molar-refractivity contribution in [3.63, 3.8) is 0 Å². The third-order valence-electron chi connectivity index (χ3n) is 3.78. The maximum Gasteiger partial charge on any atom is 0.356 e. The number of carbonyl (C=O) groups is 1. The molecule has 0 atom stereocenters. The molecular weight excluding hydrogens is 312 g/mol. The highest BCUT2D eigenvalue weighted by atomic mass is 16.5. The van der Waals surface area contributed by atoms with Crippen LogP contribution in [0.1, 0.15) is 28.8 Å². The third-order valence-corrected chi connectivity index (χ3v) is 3.78. The third kappa shape index (κ3) is 3.78. The zero-order valence-corrected chi connectivity index (χ0v) is 14.2. The fourth-order valence-electron chi connectivity index (χ4n) is 2.43. The number of ether oxygens (including phenoxy) is 1. The molecule has 0 bridgehead atoms. The predicted octanol–water partition coefficient (Wildman–Crippen LogP) is 3.66. The highest BCUT2D eigenvalue weighted by molar-refractivity contribution is 5.87. The largest absolute Gasteiger partial charge is 0.461 e. The number of aromatic nitrogens is 2. The summed E-state index contributed by atoms with van der Waals surface area (Å²) in [5.74, 6) is 6.21. The number of benzene rings is 2. The van der Waals surface area contributed by atoms with E-state index in [0.717, 1.165) is 11.1 Å². The zero-order valence-electron chi connectivity index (χ0n) is 14.2. The molecule has 0 saturated heterocycles. The molecule has 3 aromatic rings. The number of nitrogens with zero attached hydrogens (tertiary/aromatic N) is 2. The Balaban J connectivity index is 1.79. The fraction of sp³-hybridized carbons (Fsp3) is 0.143. The van der Waals surface area contributed by atoms with E-state index < -0.39 is 5.97 Å². The molecule has 0 aliphatic heterocycles. The first-order valence-electron chi connectivity index (χ1n) is 8.05. The Hall–Kier alpha value is -3.32. The van der Waals surface area contributed by atoms with Crippen LogP contribution < -0.4 is 0 Å². The SMILES string of the molecule is CCOC(=O)c1cnc(C#Cc2ccc(-c3ccccc3)cc2)n1C. The molecule has 0 amide bonds. The number of rotatable bonds is 3. The summed E-state index contributed by atoms with van der Waals surface area (Å²) in [5.41, 5.74) is 3.60. The fourth-order valence-corrected chi connectivity index (χ4v) is 2.43. The number of carbonyl (C=O) groups excluding carboxylic acids is 1. The molecule has 0 spiro atoms. The molecule has 124 valence electrons. The molecule has 4 nitrogen and oxygen atoms in total. The van der Waals surface area contributed by atoms with Gasteiger partial charge < -0.3 is 9.30 Å². The Kier molecular flexibility index (Phi) is 4.96. The van der Waals surface area contributed by atoms with Crippen molar-refractivity contribution in [2.45, 2.75) is 6.92 Å². The Morgan fingerprint density at radius 2 is 1.72 bits per heavy atom. The van der Waals surface area contributed by atoms with Crippen LogP contribution in [0.4, 0.5) is 0 Å². The lowest BCUT2D eigenvalue weighted by Gasteiger charge is -2.02. The lowest BCUT2D eigenvalue weighted by atomic mass is 10.0. The van der Waals surface area contributed by atoms with Crippen LogP contribution in [0.25, 0.3) is 11.1 Å². The second-order valence-electron chi connectivity index (χ2n) is 5.44. The van der Waals surface area contributed by atoms with Gasteiger partial charge in [-0.15, -0.1) is 0 Å². The summed E-state index contributed by atoms with van der Waals surface area (Å²) in [4.78, 5) is 16.0. The smallest absolute Gasteiger partial charge is 0.356 e. The molecule has 0 N–H and O–H groups in total. The van der Waals surface area contributed by atoms with E-state index in [9.17, 15) is 4.79 Å². The highest BCUT2D eigenvalue weighted by Gasteiger charge is 2.13. The van der Waals surface area contributed by atoms with Gasteiger partial charge in [0.15, 0.2) is 5.82 Å². The molecule has 0 aliphatic carbocycles. The molecule has 2 aromatic carbocycles. The standard InChI is InChI=1S/C21H18N2O2/c1-3-25-21(24)19-15-22-20(23(19)2)14-11-16-9-12-18(13-10-16)17-7-5-4-6-8-17/h4-10,12-13,15H,3H2,1-2H3. The molecule has 4 heteroatoms. The van der Waals surface area contributed by atoms with E-state index in [1.54, 1.807) is 18.5 Å². The van der Waals surface area contributed by atoms with Gasteiger partial charge in [-0.25, -0.2) is 9.78 Å². The maximum atomic E-state index is 11.8. The number of imidazole rings is 1. The molecule has 0 aliphatic rings. The second kappa shape index (κ2) is 7.50. The molecule has 0 fully saturated rings. The number of esters is 1. The Labute approximate surface area is 147 Å². The quantitative estimate of drug-likeness (QED) is 0.544. The lowest BCUT2D eigenvalue weighted by molar-refractivity contribution is 0.0515.